The van der Waals surface area contributed by atoms with Gasteiger partial charge in [0.15, 0.2) is 0 Å². The molecule has 146 valence electrons. The van der Waals surface area contributed by atoms with Crippen molar-refractivity contribution in [3.05, 3.63) is 34.9 Å². The number of carbonyl (C=O) groups excluding carboxylic acids is 4. The number of nitrogens with zero attached hydrogens (tertiary/aromatic N) is 1. The molecule has 0 aliphatic carbocycles. The van der Waals surface area contributed by atoms with Gasteiger partial charge in [-0.1, -0.05) is 12.1 Å². The van der Waals surface area contributed by atoms with Crippen molar-refractivity contribution in [3.63, 3.8) is 0 Å². The lowest BCUT2D eigenvalue weighted by Gasteiger charge is -2.29. The maximum Gasteiger partial charge on any atom is 0.255 e. The molecule has 8 nitrogen and oxygen atoms in total. The number of halogens is 1. The summed E-state index contributed by atoms with van der Waals surface area (Å²) in [5, 5.41) is 5.13. The summed E-state index contributed by atoms with van der Waals surface area (Å²) >= 11 is 0. The fourth-order valence-electron chi connectivity index (χ4n) is 3.36. The number of fused-ring (bicyclic) bond motifs is 1. The molecule has 1 aromatic carbocycles. The van der Waals surface area contributed by atoms with E-state index in [1.807, 2.05) is 6.07 Å². The molecule has 0 aromatic heterocycles. The molecule has 0 bridgehead atoms. The minimum Gasteiger partial charge on any atom is -0.352 e. The van der Waals surface area contributed by atoms with Crippen molar-refractivity contribution in [3.8, 4) is 0 Å². The lowest BCUT2D eigenvalue weighted by molar-refractivity contribution is -0.137. The first kappa shape index (κ1) is 20.9. The number of hydrogen-bond acceptors (Lipinski definition) is 5. The fourth-order valence-corrected chi connectivity index (χ4v) is 3.36. The quantitative estimate of drug-likeness (QED) is 0.596. The van der Waals surface area contributed by atoms with Crippen molar-refractivity contribution in [1.82, 2.24) is 15.5 Å². The summed E-state index contributed by atoms with van der Waals surface area (Å²) < 4.78 is 0. The predicted molar refractivity (Wildman–Crippen MR) is 99.9 cm³/mol. The highest BCUT2D eigenvalue weighted by Crippen LogP contribution is 2.29. The normalized spacial score (nSPS) is 18.6. The maximum absolute atomic E-state index is 12.7. The molecule has 2 aliphatic heterocycles. The van der Waals surface area contributed by atoms with Gasteiger partial charge in [0.2, 0.25) is 17.7 Å². The number of rotatable bonds is 6. The number of benzene rings is 1. The highest BCUT2D eigenvalue weighted by atomic mass is 35.5. The Balaban J connectivity index is 0.00000261. The molecule has 27 heavy (non-hydrogen) atoms. The van der Waals surface area contributed by atoms with Crippen LogP contribution in [0.4, 0.5) is 0 Å². The summed E-state index contributed by atoms with van der Waals surface area (Å²) in [7, 11) is 0. The van der Waals surface area contributed by atoms with Crippen molar-refractivity contribution in [2.24, 2.45) is 5.73 Å². The molecule has 0 saturated carbocycles. The Morgan fingerprint density at radius 1 is 1.30 bits per heavy atom. The zero-order valence-corrected chi connectivity index (χ0v) is 15.6. The van der Waals surface area contributed by atoms with E-state index >= 15 is 0 Å². The molecular formula is C18H23ClN4O4. The average molecular weight is 395 g/mol. The minimum absolute atomic E-state index is 0. The number of nitrogens with one attached hydrogen (secondary N) is 2. The number of nitrogens with two attached hydrogens (primary N) is 1. The van der Waals surface area contributed by atoms with Crippen molar-refractivity contribution >= 4 is 36.0 Å². The third-order valence-corrected chi connectivity index (χ3v) is 4.76. The van der Waals surface area contributed by atoms with Crippen LogP contribution in [-0.2, 0) is 27.5 Å². The largest absolute Gasteiger partial charge is 0.352 e. The molecular weight excluding hydrogens is 372 g/mol. The van der Waals surface area contributed by atoms with Gasteiger partial charge in [-0.05, 0) is 36.6 Å². The van der Waals surface area contributed by atoms with E-state index in [4.69, 9.17) is 5.73 Å². The lowest BCUT2D eigenvalue weighted by atomic mass is 10.0. The predicted octanol–water partition coefficient (Wildman–Crippen LogP) is 0.224. The Bertz CT molecular complexity index is 768. The number of imide groups is 1. The Kier molecular flexibility index (Phi) is 6.92. The van der Waals surface area contributed by atoms with Gasteiger partial charge < -0.3 is 16.0 Å². The number of hydrogen-bond donors (Lipinski definition) is 3. The van der Waals surface area contributed by atoms with Crippen LogP contribution in [0.5, 0.6) is 0 Å². The molecule has 1 fully saturated rings. The molecule has 0 radical (unpaired) electrons. The zero-order chi connectivity index (χ0) is 18.7. The summed E-state index contributed by atoms with van der Waals surface area (Å²) in [5.74, 6) is -1.04. The van der Waals surface area contributed by atoms with Crippen LogP contribution >= 0.6 is 12.4 Å². The van der Waals surface area contributed by atoms with Gasteiger partial charge >= 0.3 is 0 Å². The Labute approximate surface area is 163 Å². The first-order chi connectivity index (χ1) is 12.5. The second-order valence-electron chi connectivity index (χ2n) is 6.51. The molecule has 0 spiro atoms. The topological polar surface area (TPSA) is 122 Å². The second-order valence-corrected chi connectivity index (χ2v) is 6.51. The minimum atomic E-state index is -0.639. The van der Waals surface area contributed by atoms with Gasteiger partial charge in [0, 0.05) is 31.5 Å². The molecule has 1 atom stereocenters. The van der Waals surface area contributed by atoms with Crippen LogP contribution in [0.2, 0.25) is 0 Å². The Hall–Kier alpha value is -2.45. The molecule has 4 amide bonds. The fraction of sp³-hybridized carbons (Fsp3) is 0.444. The van der Waals surface area contributed by atoms with E-state index in [1.165, 1.54) is 4.90 Å². The average Bonchev–Trinajstić information content (AvgIpc) is 2.95. The molecule has 2 aliphatic rings. The Morgan fingerprint density at radius 3 is 2.78 bits per heavy atom. The molecule has 9 heteroatoms. The second kappa shape index (κ2) is 8.96. The van der Waals surface area contributed by atoms with Crippen LogP contribution in [0, 0.1) is 0 Å². The zero-order valence-electron chi connectivity index (χ0n) is 14.8. The summed E-state index contributed by atoms with van der Waals surface area (Å²) in [6.45, 7) is 1.09. The third-order valence-electron chi connectivity index (χ3n) is 4.76. The highest BCUT2D eigenvalue weighted by Gasteiger charge is 2.39. The first-order valence-corrected chi connectivity index (χ1v) is 8.73. The van der Waals surface area contributed by atoms with Gasteiger partial charge in [0.1, 0.15) is 6.04 Å². The highest BCUT2D eigenvalue weighted by molar-refractivity contribution is 6.05. The van der Waals surface area contributed by atoms with E-state index in [2.05, 4.69) is 10.6 Å². The number of amides is 4. The van der Waals surface area contributed by atoms with E-state index in [-0.39, 0.29) is 36.5 Å². The molecule has 1 unspecified atom stereocenters. The molecule has 2 heterocycles. The van der Waals surface area contributed by atoms with E-state index in [9.17, 15) is 19.2 Å². The summed E-state index contributed by atoms with van der Waals surface area (Å²) in [4.78, 5) is 49.4. The van der Waals surface area contributed by atoms with Crippen LogP contribution in [0.25, 0.3) is 0 Å². The van der Waals surface area contributed by atoms with E-state index in [0.717, 1.165) is 11.1 Å². The van der Waals surface area contributed by atoms with Crippen LogP contribution in [0.3, 0.4) is 0 Å². The number of carbonyl (C=O) groups is 4. The van der Waals surface area contributed by atoms with Gasteiger partial charge in [0.25, 0.3) is 5.91 Å². The molecule has 4 N–H and O–H groups in total. The van der Waals surface area contributed by atoms with E-state index in [0.29, 0.717) is 44.5 Å². The van der Waals surface area contributed by atoms with E-state index in [1.54, 1.807) is 12.1 Å². The van der Waals surface area contributed by atoms with Crippen LogP contribution in [0.1, 0.15) is 47.2 Å². The summed E-state index contributed by atoms with van der Waals surface area (Å²) in [5.41, 5.74) is 7.62. The molecule has 3 rings (SSSR count). The van der Waals surface area contributed by atoms with Gasteiger partial charge in [-0.15, -0.1) is 12.4 Å². The smallest absolute Gasteiger partial charge is 0.255 e. The third kappa shape index (κ3) is 4.45. The van der Waals surface area contributed by atoms with Crippen LogP contribution in [-0.4, -0.2) is 41.1 Å². The molecule has 1 aromatic rings. The van der Waals surface area contributed by atoms with Gasteiger partial charge in [-0.25, -0.2) is 0 Å². The monoisotopic (exact) mass is 394 g/mol. The number of piperidine rings is 1. The van der Waals surface area contributed by atoms with E-state index < -0.39 is 11.9 Å². The molecule has 1 saturated heterocycles. The van der Waals surface area contributed by atoms with Crippen LogP contribution < -0.4 is 16.4 Å². The lowest BCUT2D eigenvalue weighted by Crippen LogP contribution is -2.52. The van der Waals surface area contributed by atoms with Gasteiger partial charge in [0.05, 0.1) is 0 Å². The summed E-state index contributed by atoms with van der Waals surface area (Å²) in [6.07, 6.45) is 1.55. The first-order valence-electron chi connectivity index (χ1n) is 8.73. The summed E-state index contributed by atoms with van der Waals surface area (Å²) in [6, 6.07) is 4.72. The van der Waals surface area contributed by atoms with Crippen molar-refractivity contribution in [2.75, 3.05) is 6.54 Å². The SMILES string of the molecule is Cl.NCCCC(=O)NCc1cccc2c1CN(C1CCC(=O)NC1=O)C2=O. The van der Waals surface area contributed by atoms with Crippen molar-refractivity contribution in [1.29, 1.82) is 0 Å². The Morgan fingerprint density at radius 2 is 2.07 bits per heavy atom. The van der Waals surface area contributed by atoms with Gasteiger partial charge in [-0.2, -0.15) is 0 Å². The van der Waals surface area contributed by atoms with Crippen molar-refractivity contribution < 1.29 is 19.2 Å². The maximum atomic E-state index is 12.7. The van der Waals surface area contributed by atoms with Gasteiger partial charge in [-0.3, -0.25) is 24.5 Å². The van der Waals surface area contributed by atoms with Crippen LogP contribution in [0.15, 0.2) is 18.2 Å². The standard InChI is InChI=1S/C18H22N4O4.ClH/c19-8-2-5-15(23)20-9-11-3-1-4-12-13(11)10-22(18(12)26)14-6-7-16(24)21-17(14)25;/h1,3-4,14H,2,5-10,19H2,(H,20,23)(H,21,24,25);1H. The van der Waals surface area contributed by atoms with Crippen molar-refractivity contribution in [2.45, 2.75) is 44.8 Å².